The molecule has 4 nitrogen and oxygen atoms in total. The normalized spacial score (nSPS) is 11.1. The van der Waals surface area contributed by atoms with Crippen LogP contribution in [0.4, 0.5) is 5.69 Å². The summed E-state index contributed by atoms with van der Waals surface area (Å²) in [6.07, 6.45) is 5.10. The van der Waals surface area contributed by atoms with Crippen LogP contribution in [0, 0.1) is 19.3 Å². The molecule has 0 spiro atoms. The third kappa shape index (κ3) is 3.95. The molecule has 1 aromatic rings. The average Bonchev–Trinajstić information content (AvgIpc) is 2.32. The van der Waals surface area contributed by atoms with Crippen molar-refractivity contribution in [2.75, 3.05) is 23.8 Å². The fourth-order valence-electron chi connectivity index (χ4n) is 1.38. The Hall–Kier alpha value is -1.16. The van der Waals surface area contributed by atoms with E-state index in [2.05, 4.69) is 10.6 Å². The highest BCUT2D eigenvalue weighted by atomic mass is 32.2. The molecule has 0 amide bonds. The molecule has 0 heterocycles. The Bertz CT molecular complexity index is 548. The predicted molar refractivity (Wildman–Crippen MR) is 76.9 cm³/mol. The summed E-state index contributed by atoms with van der Waals surface area (Å²) in [5.74, 6) is 3.71. The van der Waals surface area contributed by atoms with Crippen LogP contribution in [-0.2, 0) is 10.0 Å². The monoisotopic (exact) mass is 284 g/mol. The van der Waals surface area contributed by atoms with E-state index in [1.165, 1.54) is 11.8 Å². The summed E-state index contributed by atoms with van der Waals surface area (Å²) in [4.78, 5) is 0.226. The molecule has 0 saturated carbocycles. The molecule has 0 atom stereocenters. The van der Waals surface area contributed by atoms with Crippen molar-refractivity contribution in [2.24, 2.45) is 0 Å². The van der Waals surface area contributed by atoms with Crippen molar-refractivity contribution in [2.45, 2.75) is 11.8 Å². The van der Waals surface area contributed by atoms with E-state index >= 15 is 0 Å². The number of terminal acetylenes is 1. The Balaban J connectivity index is 2.70. The molecule has 0 bridgehead atoms. The Labute approximate surface area is 112 Å². The lowest BCUT2D eigenvalue weighted by molar-refractivity contribution is 0.583. The van der Waals surface area contributed by atoms with Gasteiger partial charge < -0.3 is 5.73 Å². The summed E-state index contributed by atoms with van der Waals surface area (Å²) < 4.78 is 26.6. The molecular weight excluding hydrogens is 268 g/mol. The van der Waals surface area contributed by atoms with E-state index in [-0.39, 0.29) is 4.90 Å². The van der Waals surface area contributed by atoms with E-state index in [0.29, 0.717) is 29.3 Å². The summed E-state index contributed by atoms with van der Waals surface area (Å²) in [6.45, 7) is 2.04. The Morgan fingerprint density at radius 3 is 2.89 bits per heavy atom. The first-order valence-corrected chi connectivity index (χ1v) is 7.99. The lowest BCUT2D eigenvalue weighted by Crippen LogP contribution is -2.27. The fourth-order valence-corrected chi connectivity index (χ4v) is 3.32. The maximum Gasteiger partial charge on any atom is 0.240 e. The van der Waals surface area contributed by atoms with Crippen LogP contribution in [0.15, 0.2) is 23.1 Å². The molecule has 0 radical (unpaired) electrons. The number of nitrogens with two attached hydrogens (primary N) is 1. The van der Waals surface area contributed by atoms with E-state index in [0.717, 1.165) is 0 Å². The van der Waals surface area contributed by atoms with Crippen molar-refractivity contribution in [3.05, 3.63) is 23.8 Å². The summed E-state index contributed by atoms with van der Waals surface area (Å²) in [7, 11) is -3.50. The number of rotatable bonds is 6. The molecule has 1 aromatic carbocycles. The van der Waals surface area contributed by atoms with Gasteiger partial charge in [0, 0.05) is 18.0 Å². The maximum absolute atomic E-state index is 12.0. The largest absolute Gasteiger partial charge is 0.398 e. The van der Waals surface area contributed by atoms with Crippen molar-refractivity contribution in [3.63, 3.8) is 0 Å². The minimum atomic E-state index is -3.50. The SMILES string of the molecule is C#CCSCCNS(=O)(=O)c1cccc(N)c1C. The molecule has 0 unspecified atom stereocenters. The summed E-state index contributed by atoms with van der Waals surface area (Å²) in [5, 5.41) is 0. The highest BCUT2D eigenvalue weighted by molar-refractivity contribution is 7.99. The highest BCUT2D eigenvalue weighted by Gasteiger charge is 2.16. The summed E-state index contributed by atoms with van der Waals surface area (Å²) >= 11 is 1.51. The summed E-state index contributed by atoms with van der Waals surface area (Å²) in [5.41, 5.74) is 6.74. The second kappa shape index (κ2) is 6.69. The van der Waals surface area contributed by atoms with E-state index in [1.54, 1.807) is 25.1 Å². The first kappa shape index (κ1) is 14.9. The number of nitrogen functional groups attached to an aromatic ring is 1. The van der Waals surface area contributed by atoms with Crippen molar-refractivity contribution in [1.29, 1.82) is 0 Å². The molecule has 0 aliphatic carbocycles. The van der Waals surface area contributed by atoms with Crippen LogP contribution in [0.2, 0.25) is 0 Å². The number of nitrogens with one attached hydrogen (secondary N) is 1. The van der Waals surface area contributed by atoms with Crippen LogP contribution < -0.4 is 10.5 Å². The van der Waals surface area contributed by atoms with Crippen LogP contribution in [-0.4, -0.2) is 26.5 Å². The van der Waals surface area contributed by atoms with Crippen LogP contribution in [0.5, 0.6) is 0 Å². The molecule has 0 aliphatic heterocycles. The standard InChI is InChI=1S/C12H16N2O2S2/c1-3-8-17-9-7-14-18(15,16)12-6-4-5-11(13)10(12)2/h1,4-6,14H,7-9,13H2,2H3. The zero-order chi connectivity index (χ0) is 13.6. The highest BCUT2D eigenvalue weighted by Crippen LogP contribution is 2.20. The second-order valence-electron chi connectivity index (χ2n) is 3.62. The predicted octanol–water partition coefficient (Wildman–Crippen LogP) is 1.22. The number of anilines is 1. The molecule has 0 aliphatic rings. The number of sulfonamides is 1. The van der Waals surface area contributed by atoms with Crippen molar-refractivity contribution in [1.82, 2.24) is 4.72 Å². The second-order valence-corrected chi connectivity index (χ2v) is 6.47. The van der Waals surface area contributed by atoms with Crippen LogP contribution in [0.3, 0.4) is 0 Å². The minimum Gasteiger partial charge on any atom is -0.398 e. The lowest BCUT2D eigenvalue weighted by Gasteiger charge is -2.10. The van der Waals surface area contributed by atoms with Gasteiger partial charge in [0.05, 0.1) is 10.6 Å². The van der Waals surface area contributed by atoms with E-state index < -0.39 is 10.0 Å². The number of hydrogen-bond acceptors (Lipinski definition) is 4. The lowest BCUT2D eigenvalue weighted by atomic mass is 10.2. The van der Waals surface area contributed by atoms with Gasteiger partial charge in [0.25, 0.3) is 0 Å². The first-order valence-electron chi connectivity index (χ1n) is 5.35. The van der Waals surface area contributed by atoms with Gasteiger partial charge in [-0.2, -0.15) is 0 Å². The van der Waals surface area contributed by atoms with Gasteiger partial charge in [-0.15, -0.1) is 18.2 Å². The van der Waals surface area contributed by atoms with Gasteiger partial charge in [0.15, 0.2) is 0 Å². The number of hydrogen-bond donors (Lipinski definition) is 2. The summed E-state index contributed by atoms with van der Waals surface area (Å²) in [6, 6.07) is 4.85. The molecule has 0 fully saturated rings. The van der Waals surface area contributed by atoms with E-state index in [1.807, 2.05) is 0 Å². The number of thioether (sulfide) groups is 1. The molecule has 6 heteroatoms. The Morgan fingerprint density at radius 2 is 2.22 bits per heavy atom. The van der Waals surface area contributed by atoms with Gasteiger partial charge in [0.1, 0.15) is 0 Å². The number of benzene rings is 1. The zero-order valence-electron chi connectivity index (χ0n) is 10.1. The Morgan fingerprint density at radius 1 is 1.50 bits per heavy atom. The van der Waals surface area contributed by atoms with Gasteiger partial charge in [-0.25, -0.2) is 13.1 Å². The topological polar surface area (TPSA) is 72.2 Å². The van der Waals surface area contributed by atoms with Crippen LogP contribution >= 0.6 is 11.8 Å². The van der Waals surface area contributed by atoms with Gasteiger partial charge in [-0.05, 0) is 24.6 Å². The van der Waals surface area contributed by atoms with Gasteiger partial charge in [0.2, 0.25) is 10.0 Å². The van der Waals surface area contributed by atoms with E-state index in [4.69, 9.17) is 12.2 Å². The molecule has 18 heavy (non-hydrogen) atoms. The third-order valence-corrected chi connectivity index (χ3v) is 4.81. The molecule has 0 saturated heterocycles. The molecule has 3 N–H and O–H groups in total. The van der Waals surface area contributed by atoms with Crippen molar-refractivity contribution in [3.8, 4) is 12.3 Å². The first-order chi connectivity index (χ1) is 8.49. The van der Waals surface area contributed by atoms with Gasteiger partial charge in [-0.1, -0.05) is 12.0 Å². The van der Waals surface area contributed by atoms with Crippen molar-refractivity contribution < 1.29 is 8.42 Å². The quantitative estimate of drug-likeness (QED) is 0.468. The molecule has 0 aromatic heterocycles. The third-order valence-electron chi connectivity index (χ3n) is 2.34. The van der Waals surface area contributed by atoms with Crippen LogP contribution in [0.25, 0.3) is 0 Å². The molecule has 1 rings (SSSR count). The van der Waals surface area contributed by atoms with E-state index in [9.17, 15) is 8.42 Å². The zero-order valence-corrected chi connectivity index (χ0v) is 11.8. The average molecular weight is 284 g/mol. The van der Waals surface area contributed by atoms with Crippen molar-refractivity contribution >= 4 is 27.5 Å². The minimum absolute atomic E-state index is 0.226. The van der Waals surface area contributed by atoms with Gasteiger partial charge in [-0.3, -0.25) is 0 Å². The maximum atomic E-state index is 12.0. The van der Waals surface area contributed by atoms with Gasteiger partial charge >= 0.3 is 0 Å². The fraction of sp³-hybridized carbons (Fsp3) is 0.333. The smallest absolute Gasteiger partial charge is 0.240 e. The Kier molecular flexibility index (Phi) is 5.54. The van der Waals surface area contributed by atoms with Crippen LogP contribution in [0.1, 0.15) is 5.56 Å². The molecular formula is C12H16N2O2S2. The molecule has 98 valence electrons.